The van der Waals surface area contributed by atoms with Gasteiger partial charge >= 0.3 is 6.03 Å². The molecule has 4 rings (SSSR count). The van der Waals surface area contributed by atoms with Crippen LogP contribution < -0.4 is 26.0 Å². The molecule has 2 amide bonds. The lowest BCUT2D eigenvalue weighted by molar-refractivity contribution is 0.108. The molecule has 0 spiro atoms. The number of hydrogen-bond donors (Lipinski definition) is 4. The molecule has 2 aliphatic heterocycles. The monoisotopic (exact) mass is 531 g/mol. The summed E-state index contributed by atoms with van der Waals surface area (Å²) in [6.07, 6.45) is 3.80. The number of rotatable bonds is 7. The minimum absolute atomic E-state index is 0.0280. The molecule has 2 aromatic rings. The van der Waals surface area contributed by atoms with Gasteiger partial charge in [-0.3, -0.25) is 0 Å². The van der Waals surface area contributed by atoms with Gasteiger partial charge in [-0.05, 0) is 59.6 Å². The van der Waals surface area contributed by atoms with E-state index in [0.717, 1.165) is 19.0 Å². The highest BCUT2D eigenvalue weighted by molar-refractivity contribution is 5.74. The third-order valence-corrected chi connectivity index (χ3v) is 6.81. The van der Waals surface area contributed by atoms with E-state index in [1.54, 1.807) is 17.0 Å². The largest absolute Gasteiger partial charge is 0.487 e. The number of nitrogens with zero attached hydrogens (tertiary/aromatic N) is 3. The molecule has 9 nitrogen and oxygen atoms in total. The van der Waals surface area contributed by atoms with E-state index in [-0.39, 0.29) is 46.8 Å². The first-order chi connectivity index (χ1) is 17.9. The Balaban J connectivity index is 1.36. The lowest BCUT2D eigenvalue weighted by Gasteiger charge is -2.46. The molecule has 2 saturated heterocycles. The Bertz CT molecular complexity index is 1120. The van der Waals surface area contributed by atoms with Crippen molar-refractivity contribution in [3.63, 3.8) is 0 Å². The summed E-state index contributed by atoms with van der Waals surface area (Å²) in [6, 6.07) is 4.46. The van der Waals surface area contributed by atoms with Crippen LogP contribution in [0.25, 0.3) is 0 Å². The van der Waals surface area contributed by atoms with Gasteiger partial charge in [-0.25, -0.2) is 18.6 Å². The Morgan fingerprint density at radius 3 is 2.45 bits per heavy atom. The number of anilines is 3. The fourth-order valence-corrected chi connectivity index (χ4v) is 5.57. The van der Waals surface area contributed by atoms with Gasteiger partial charge in [-0.15, -0.1) is 0 Å². The van der Waals surface area contributed by atoms with Crippen LogP contribution in [-0.2, 0) is 0 Å². The number of hydrogen-bond acceptors (Lipinski definition) is 7. The molecule has 38 heavy (non-hydrogen) atoms. The van der Waals surface area contributed by atoms with Gasteiger partial charge in [0.25, 0.3) is 0 Å². The number of urea groups is 1. The molecule has 0 saturated carbocycles. The number of halogens is 2. The molecule has 4 N–H and O–H groups in total. The van der Waals surface area contributed by atoms with Crippen LogP contribution in [0.2, 0.25) is 0 Å². The van der Waals surface area contributed by atoms with Crippen molar-refractivity contribution in [2.24, 2.45) is 0 Å². The van der Waals surface area contributed by atoms with Crippen molar-refractivity contribution in [3.8, 4) is 5.75 Å². The minimum atomic E-state index is -0.544. The Kier molecular flexibility index (Phi) is 8.25. The maximum atomic E-state index is 14.9. The van der Waals surface area contributed by atoms with Crippen LogP contribution in [0, 0.1) is 11.6 Å². The molecule has 0 unspecified atom stereocenters. The van der Waals surface area contributed by atoms with Crippen molar-refractivity contribution in [3.05, 3.63) is 36.0 Å². The summed E-state index contributed by atoms with van der Waals surface area (Å²) in [6.45, 7) is 12.1. The van der Waals surface area contributed by atoms with Crippen LogP contribution in [0.4, 0.5) is 31.0 Å². The number of piperidine rings is 2. The highest BCUT2D eigenvalue weighted by Crippen LogP contribution is 2.31. The van der Waals surface area contributed by atoms with E-state index in [4.69, 9.17) is 4.74 Å². The normalized spacial score (nSPS) is 19.6. The molecule has 0 bridgehead atoms. The molecule has 2 aliphatic rings. The van der Waals surface area contributed by atoms with E-state index in [1.165, 1.54) is 6.07 Å². The zero-order chi connectivity index (χ0) is 27.5. The van der Waals surface area contributed by atoms with Crippen LogP contribution in [-0.4, -0.2) is 63.8 Å². The summed E-state index contributed by atoms with van der Waals surface area (Å²) in [5.74, 6) is -0.656. The van der Waals surface area contributed by atoms with E-state index in [1.807, 2.05) is 6.92 Å². The summed E-state index contributed by atoms with van der Waals surface area (Å²) in [5.41, 5.74) is 0.209. The van der Waals surface area contributed by atoms with Crippen molar-refractivity contribution < 1.29 is 18.3 Å². The quantitative estimate of drug-likeness (QED) is 0.407. The Hall–Kier alpha value is -3.21. The number of likely N-dealkylation sites (tertiary alicyclic amines) is 1. The molecule has 208 valence electrons. The van der Waals surface area contributed by atoms with Gasteiger partial charge in [0.2, 0.25) is 5.95 Å². The van der Waals surface area contributed by atoms with Crippen LogP contribution in [0.15, 0.2) is 24.4 Å². The molecule has 0 radical (unpaired) electrons. The minimum Gasteiger partial charge on any atom is -0.487 e. The molecule has 0 atom stereocenters. The Labute approximate surface area is 223 Å². The van der Waals surface area contributed by atoms with E-state index in [9.17, 15) is 13.6 Å². The van der Waals surface area contributed by atoms with Gasteiger partial charge in [0, 0.05) is 61.3 Å². The molecule has 11 heteroatoms. The zero-order valence-corrected chi connectivity index (χ0v) is 22.8. The van der Waals surface area contributed by atoms with Crippen LogP contribution in [0.1, 0.15) is 60.3 Å². The molecular formula is C27H39F2N7O2. The lowest BCUT2D eigenvalue weighted by atomic mass is 9.79. The summed E-state index contributed by atoms with van der Waals surface area (Å²) in [7, 11) is 0. The molecular weight excluding hydrogens is 492 g/mol. The summed E-state index contributed by atoms with van der Waals surface area (Å²) in [4.78, 5) is 22.0. The topological polar surface area (TPSA) is 103 Å². The molecule has 0 aliphatic carbocycles. The average molecular weight is 532 g/mol. The van der Waals surface area contributed by atoms with E-state index in [0.29, 0.717) is 38.2 Å². The van der Waals surface area contributed by atoms with Crippen molar-refractivity contribution in [2.45, 2.75) is 83.5 Å². The first-order valence-electron chi connectivity index (χ1n) is 13.3. The molecule has 3 heterocycles. The van der Waals surface area contributed by atoms with Gasteiger partial charge < -0.3 is 30.9 Å². The molecule has 1 aromatic heterocycles. The fraction of sp³-hybridized carbons (Fsp3) is 0.593. The number of amides is 2. The number of ether oxygens (including phenoxy) is 1. The summed E-state index contributed by atoms with van der Waals surface area (Å²) >= 11 is 0. The lowest BCUT2D eigenvalue weighted by Crippen LogP contribution is -2.60. The maximum Gasteiger partial charge on any atom is 0.317 e. The van der Waals surface area contributed by atoms with Crippen molar-refractivity contribution in [1.29, 1.82) is 0 Å². The fourth-order valence-electron chi connectivity index (χ4n) is 5.57. The predicted octanol–water partition coefficient (Wildman–Crippen LogP) is 4.79. The third-order valence-electron chi connectivity index (χ3n) is 6.81. The second-order valence-electron chi connectivity index (χ2n) is 11.4. The van der Waals surface area contributed by atoms with E-state index >= 15 is 0 Å². The standard InChI is InChI=1S/C27H39F2N7O2/c1-6-30-25(37)36-11-9-19(10-12-36)38-22-8-7-17(13-20(22)28)33-24-31-16-21(29)23(34-24)32-18-14-26(2,3)35-27(4,5)15-18/h7-8,13,16,18-19,35H,6,9-12,14-15H2,1-5H3,(H,30,37)(H2,31,32,33,34). The maximum absolute atomic E-state index is 14.9. The van der Waals surface area contributed by atoms with Crippen LogP contribution in [0.5, 0.6) is 5.75 Å². The summed E-state index contributed by atoms with van der Waals surface area (Å²) < 4.78 is 35.3. The Morgan fingerprint density at radius 1 is 1.13 bits per heavy atom. The first kappa shape index (κ1) is 27.8. The van der Waals surface area contributed by atoms with Crippen LogP contribution >= 0.6 is 0 Å². The van der Waals surface area contributed by atoms with Gasteiger partial charge in [-0.2, -0.15) is 4.98 Å². The van der Waals surface area contributed by atoms with Gasteiger partial charge in [0.15, 0.2) is 23.2 Å². The number of carbonyl (C=O) groups excluding carboxylic acids is 1. The number of aromatic nitrogens is 2. The van der Waals surface area contributed by atoms with Crippen molar-refractivity contribution >= 4 is 23.5 Å². The second-order valence-corrected chi connectivity index (χ2v) is 11.4. The van der Waals surface area contributed by atoms with Crippen molar-refractivity contribution in [1.82, 2.24) is 25.5 Å². The highest BCUT2D eigenvalue weighted by atomic mass is 19.1. The Morgan fingerprint density at radius 2 is 1.82 bits per heavy atom. The number of benzene rings is 1. The highest BCUT2D eigenvalue weighted by Gasteiger charge is 2.38. The smallest absolute Gasteiger partial charge is 0.317 e. The molecule has 1 aromatic carbocycles. The molecule has 2 fully saturated rings. The third kappa shape index (κ3) is 7.21. The first-order valence-corrected chi connectivity index (χ1v) is 13.3. The SMILES string of the molecule is CCNC(=O)N1CCC(Oc2ccc(Nc3ncc(F)c(NC4CC(C)(C)NC(C)(C)C4)n3)cc2F)CC1. The average Bonchev–Trinajstić information content (AvgIpc) is 2.81. The van der Waals surface area contributed by atoms with Gasteiger partial charge in [0.05, 0.1) is 6.20 Å². The predicted molar refractivity (Wildman–Crippen MR) is 144 cm³/mol. The van der Waals surface area contributed by atoms with Gasteiger partial charge in [-0.1, -0.05) is 0 Å². The van der Waals surface area contributed by atoms with E-state index < -0.39 is 11.6 Å². The second kappa shape index (κ2) is 11.3. The summed E-state index contributed by atoms with van der Waals surface area (Å²) in [5, 5.41) is 12.6. The number of carbonyl (C=O) groups is 1. The number of nitrogens with one attached hydrogen (secondary N) is 4. The van der Waals surface area contributed by atoms with E-state index in [2.05, 4.69) is 58.9 Å². The zero-order valence-electron chi connectivity index (χ0n) is 22.8. The van der Waals surface area contributed by atoms with Gasteiger partial charge in [0.1, 0.15) is 6.10 Å². The van der Waals surface area contributed by atoms with Crippen LogP contribution in [0.3, 0.4) is 0 Å². The van der Waals surface area contributed by atoms with Crippen molar-refractivity contribution in [2.75, 3.05) is 30.3 Å².